The molecule has 0 aromatic carbocycles. The fourth-order valence-electron chi connectivity index (χ4n) is 1.21. The number of hydrogen-bond acceptors (Lipinski definition) is 5. The van der Waals surface area contributed by atoms with E-state index in [1.54, 1.807) is 0 Å². The Morgan fingerprint density at radius 1 is 1.60 bits per heavy atom. The van der Waals surface area contributed by atoms with E-state index in [9.17, 15) is 9.90 Å². The standard InChI is InChI=1S/C9H17NO5/c1-9(13,8(11)12)6-10-4-7-5-14-2-3-15-7/h7,10,13H,2-6H2,1H3,(H,11,12). The van der Waals surface area contributed by atoms with Gasteiger partial charge in [-0.1, -0.05) is 0 Å². The minimum Gasteiger partial charge on any atom is -0.479 e. The largest absolute Gasteiger partial charge is 0.479 e. The van der Waals surface area contributed by atoms with Gasteiger partial charge in [-0.15, -0.1) is 0 Å². The Hall–Kier alpha value is -0.690. The second-order valence-corrected chi connectivity index (χ2v) is 3.78. The molecule has 0 aromatic rings. The van der Waals surface area contributed by atoms with Gasteiger partial charge in [0.25, 0.3) is 0 Å². The first kappa shape index (κ1) is 12.4. The molecule has 3 N–H and O–H groups in total. The zero-order valence-electron chi connectivity index (χ0n) is 8.73. The second-order valence-electron chi connectivity index (χ2n) is 3.78. The van der Waals surface area contributed by atoms with Crippen molar-refractivity contribution in [2.24, 2.45) is 0 Å². The molecule has 88 valence electrons. The summed E-state index contributed by atoms with van der Waals surface area (Å²) in [5.41, 5.74) is -1.74. The van der Waals surface area contributed by atoms with Crippen molar-refractivity contribution in [3.63, 3.8) is 0 Å². The van der Waals surface area contributed by atoms with E-state index in [1.165, 1.54) is 6.92 Å². The summed E-state index contributed by atoms with van der Waals surface area (Å²) in [4.78, 5) is 10.6. The number of carbonyl (C=O) groups is 1. The lowest BCUT2D eigenvalue weighted by molar-refractivity contribution is -0.156. The minimum atomic E-state index is -1.74. The van der Waals surface area contributed by atoms with Crippen molar-refractivity contribution in [1.82, 2.24) is 5.32 Å². The monoisotopic (exact) mass is 219 g/mol. The molecule has 2 atom stereocenters. The van der Waals surface area contributed by atoms with E-state index < -0.39 is 11.6 Å². The average Bonchev–Trinajstić information content (AvgIpc) is 2.19. The van der Waals surface area contributed by atoms with Gasteiger partial charge < -0.3 is 25.0 Å². The van der Waals surface area contributed by atoms with Crippen LogP contribution in [0, 0.1) is 0 Å². The third kappa shape index (κ3) is 4.13. The molecule has 0 amide bonds. The lowest BCUT2D eigenvalue weighted by atomic mass is 10.1. The zero-order valence-corrected chi connectivity index (χ0v) is 8.73. The molecule has 1 saturated heterocycles. The van der Waals surface area contributed by atoms with E-state index in [-0.39, 0.29) is 12.6 Å². The summed E-state index contributed by atoms with van der Waals surface area (Å²) < 4.78 is 10.5. The third-order valence-electron chi connectivity index (χ3n) is 2.19. The van der Waals surface area contributed by atoms with E-state index >= 15 is 0 Å². The maximum absolute atomic E-state index is 10.6. The van der Waals surface area contributed by atoms with Crippen LogP contribution in [-0.2, 0) is 14.3 Å². The van der Waals surface area contributed by atoms with Crippen molar-refractivity contribution >= 4 is 5.97 Å². The molecule has 1 fully saturated rings. The van der Waals surface area contributed by atoms with Gasteiger partial charge in [-0.05, 0) is 6.92 Å². The predicted octanol–water partition coefficient (Wildman–Crippen LogP) is -1.17. The molecule has 1 aliphatic rings. The number of hydrogen-bond donors (Lipinski definition) is 3. The van der Waals surface area contributed by atoms with Crippen molar-refractivity contribution < 1.29 is 24.5 Å². The van der Waals surface area contributed by atoms with Crippen LogP contribution in [0.1, 0.15) is 6.92 Å². The Morgan fingerprint density at radius 3 is 2.87 bits per heavy atom. The molecule has 1 rings (SSSR count). The molecule has 0 saturated carbocycles. The van der Waals surface area contributed by atoms with Crippen LogP contribution in [0.15, 0.2) is 0 Å². The van der Waals surface area contributed by atoms with Gasteiger partial charge in [0, 0.05) is 13.1 Å². The summed E-state index contributed by atoms with van der Waals surface area (Å²) in [6, 6.07) is 0. The predicted molar refractivity (Wildman–Crippen MR) is 51.7 cm³/mol. The Bertz CT molecular complexity index is 213. The van der Waals surface area contributed by atoms with Crippen LogP contribution in [0.5, 0.6) is 0 Å². The van der Waals surface area contributed by atoms with Crippen LogP contribution in [0.4, 0.5) is 0 Å². The highest BCUT2D eigenvalue weighted by Gasteiger charge is 2.29. The van der Waals surface area contributed by atoms with E-state index in [2.05, 4.69) is 5.32 Å². The number of aliphatic hydroxyl groups is 1. The highest BCUT2D eigenvalue weighted by Crippen LogP contribution is 2.02. The highest BCUT2D eigenvalue weighted by atomic mass is 16.6. The van der Waals surface area contributed by atoms with Gasteiger partial charge in [0.2, 0.25) is 0 Å². The summed E-state index contributed by atoms with van der Waals surface area (Å²) in [6.07, 6.45) is -0.0663. The molecular formula is C9H17NO5. The van der Waals surface area contributed by atoms with Crippen LogP contribution in [0.2, 0.25) is 0 Å². The topological polar surface area (TPSA) is 88.0 Å². The van der Waals surface area contributed by atoms with Crippen LogP contribution >= 0.6 is 0 Å². The fourth-order valence-corrected chi connectivity index (χ4v) is 1.21. The summed E-state index contributed by atoms with van der Waals surface area (Å²) in [5.74, 6) is -1.24. The van der Waals surface area contributed by atoms with Gasteiger partial charge in [-0.2, -0.15) is 0 Å². The normalized spacial score (nSPS) is 25.9. The fraction of sp³-hybridized carbons (Fsp3) is 0.889. The van der Waals surface area contributed by atoms with Crippen molar-refractivity contribution in [1.29, 1.82) is 0 Å². The first-order chi connectivity index (χ1) is 7.02. The lowest BCUT2D eigenvalue weighted by Crippen LogP contribution is -2.47. The third-order valence-corrected chi connectivity index (χ3v) is 2.19. The molecule has 1 aliphatic heterocycles. The van der Waals surface area contributed by atoms with Crippen LogP contribution < -0.4 is 5.32 Å². The van der Waals surface area contributed by atoms with E-state index in [0.717, 1.165) is 0 Å². The molecule has 2 unspecified atom stereocenters. The summed E-state index contributed by atoms with van der Waals surface area (Å²) in [5, 5.41) is 20.9. The summed E-state index contributed by atoms with van der Waals surface area (Å²) in [7, 11) is 0. The number of nitrogens with one attached hydrogen (secondary N) is 1. The van der Waals surface area contributed by atoms with Gasteiger partial charge in [0.05, 0.1) is 25.9 Å². The smallest absolute Gasteiger partial charge is 0.336 e. The summed E-state index contributed by atoms with van der Waals surface area (Å²) in [6.45, 7) is 3.37. The minimum absolute atomic E-state index is 0.0117. The van der Waals surface area contributed by atoms with Crippen molar-refractivity contribution in [3.05, 3.63) is 0 Å². The SMILES string of the molecule is CC(O)(CNCC1COCCO1)C(=O)O. The second kappa shape index (κ2) is 5.41. The van der Waals surface area contributed by atoms with Crippen molar-refractivity contribution in [2.45, 2.75) is 18.6 Å². The quantitative estimate of drug-likeness (QED) is 0.540. The van der Waals surface area contributed by atoms with Gasteiger partial charge in [-0.3, -0.25) is 0 Å². The number of carboxylic acids is 1. The molecular weight excluding hydrogens is 202 g/mol. The Kier molecular flexibility index (Phi) is 4.46. The molecule has 0 bridgehead atoms. The van der Waals surface area contributed by atoms with E-state index in [4.69, 9.17) is 14.6 Å². The van der Waals surface area contributed by atoms with Gasteiger partial charge in [0.15, 0.2) is 5.60 Å². The average molecular weight is 219 g/mol. The molecule has 0 aliphatic carbocycles. The lowest BCUT2D eigenvalue weighted by Gasteiger charge is -2.25. The molecule has 1 heterocycles. The first-order valence-corrected chi connectivity index (χ1v) is 4.88. The van der Waals surface area contributed by atoms with Crippen molar-refractivity contribution in [2.75, 3.05) is 32.9 Å². The number of rotatable bonds is 5. The van der Waals surface area contributed by atoms with Gasteiger partial charge in [-0.25, -0.2) is 4.79 Å². The molecule has 6 heteroatoms. The number of ether oxygens (including phenoxy) is 2. The molecule has 0 spiro atoms. The van der Waals surface area contributed by atoms with Crippen LogP contribution in [-0.4, -0.2) is 60.8 Å². The van der Waals surface area contributed by atoms with Gasteiger partial charge in [0.1, 0.15) is 0 Å². The molecule has 0 aromatic heterocycles. The van der Waals surface area contributed by atoms with E-state index in [1.807, 2.05) is 0 Å². The Balaban J connectivity index is 2.17. The first-order valence-electron chi connectivity index (χ1n) is 4.88. The van der Waals surface area contributed by atoms with Crippen LogP contribution in [0.3, 0.4) is 0 Å². The Morgan fingerprint density at radius 2 is 2.33 bits per heavy atom. The zero-order chi connectivity index (χ0) is 11.3. The van der Waals surface area contributed by atoms with Crippen molar-refractivity contribution in [3.8, 4) is 0 Å². The molecule has 15 heavy (non-hydrogen) atoms. The van der Waals surface area contributed by atoms with Gasteiger partial charge >= 0.3 is 5.97 Å². The van der Waals surface area contributed by atoms with E-state index in [0.29, 0.717) is 26.4 Å². The highest BCUT2D eigenvalue weighted by molar-refractivity contribution is 5.76. The van der Waals surface area contributed by atoms with Crippen LogP contribution in [0.25, 0.3) is 0 Å². The number of aliphatic carboxylic acids is 1. The molecule has 6 nitrogen and oxygen atoms in total. The maximum Gasteiger partial charge on any atom is 0.336 e. The summed E-state index contributed by atoms with van der Waals surface area (Å²) >= 11 is 0. The molecule has 0 radical (unpaired) electrons. The number of carboxylic acid groups (broad SMARTS) is 1. The maximum atomic E-state index is 10.6. The Labute approximate surface area is 88.2 Å².